The number of hydrogen-bond acceptors (Lipinski definition) is 3. The van der Waals surface area contributed by atoms with Gasteiger partial charge in [0.15, 0.2) is 5.78 Å². The third-order valence-electron chi connectivity index (χ3n) is 2.78. The van der Waals surface area contributed by atoms with Crippen LogP contribution in [0.15, 0.2) is 18.2 Å². The van der Waals surface area contributed by atoms with Crippen molar-refractivity contribution in [3.8, 4) is 0 Å². The summed E-state index contributed by atoms with van der Waals surface area (Å²) in [6.07, 6.45) is 0.192. The van der Waals surface area contributed by atoms with Crippen molar-refractivity contribution in [3.05, 3.63) is 35.4 Å². The van der Waals surface area contributed by atoms with E-state index >= 15 is 0 Å². The summed E-state index contributed by atoms with van der Waals surface area (Å²) < 4.78 is 26.1. The first-order valence-electron chi connectivity index (χ1n) is 6.32. The molecular formula is C14H17F2NO3. The van der Waals surface area contributed by atoms with Crippen molar-refractivity contribution in [3.63, 3.8) is 0 Å². The average Bonchev–Trinajstić information content (AvgIpc) is 2.36. The molecule has 20 heavy (non-hydrogen) atoms. The molecule has 110 valence electrons. The molecule has 0 fully saturated rings. The molecule has 1 rings (SSSR count). The monoisotopic (exact) mass is 285 g/mol. The van der Waals surface area contributed by atoms with Crippen LogP contribution < -0.4 is 5.32 Å². The number of rotatable bonds is 7. The average molecular weight is 285 g/mol. The number of amides is 1. The topological polar surface area (TPSA) is 66.4 Å². The molecule has 6 heteroatoms. The lowest BCUT2D eigenvalue weighted by Gasteiger charge is -2.12. The Morgan fingerprint density at radius 3 is 2.60 bits per heavy atom. The Kier molecular flexibility index (Phi) is 6.24. The van der Waals surface area contributed by atoms with Gasteiger partial charge in [0.25, 0.3) is 0 Å². The highest BCUT2D eigenvalue weighted by Gasteiger charge is 2.15. The maximum Gasteiger partial charge on any atom is 0.220 e. The number of hydrogen-bond donors (Lipinski definition) is 2. The van der Waals surface area contributed by atoms with E-state index in [2.05, 4.69) is 5.32 Å². The first-order chi connectivity index (χ1) is 9.43. The van der Waals surface area contributed by atoms with Gasteiger partial charge in [-0.25, -0.2) is 8.78 Å². The molecule has 0 heterocycles. The lowest BCUT2D eigenvalue weighted by molar-refractivity contribution is -0.121. The fourth-order valence-electron chi connectivity index (χ4n) is 1.69. The third kappa shape index (κ3) is 5.05. The molecule has 0 aliphatic heterocycles. The Morgan fingerprint density at radius 2 is 2.00 bits per heavy atom. The number of carbonyl (C=O) groups is 2. The smallest absolute Gasteiger partial charge is 0.220 e. The fourth-order valence-corrected chi connectivity index (χ4v) is 1.69. The summed E-state index contributed by atoms with van der Waals surface area (Å²) >= 11 is 0. The molecule has 0 radical (unpaired) electrons. The zero-order valence-corrected chi connectivity index (χ0v) is 11.2. The van der Waals surface area contributed by atoms with Gasteiger partial charge in [0.2, 0.25) is 5.91 Å². The van der Waals surface area contributed by atoms with Crippen LogP contribution in [0, 0.1) is 11.6 Å². The quantitative estimate of drug-likeness (QED) is 0.751. The van der Waals surface area contributed by atoms with Crippen LogP contribution in [0.25, 0.3) is 0 Å². The van der Waals surface area contributed by atoms with Gasteiger partial charge in [0.05, 0.1) is 5.56 Å². The second kappa shape index (κ2) is 7.69. The number of halogens is 2. The highest BCUT2D eigenvalue weighted by atomic mass is 19.1. The third-order valence-corrected chi connectivity index (χ3v) is 2.78. The van der Waals surface area contributed by atoms with Gasteiger partial charge in [0, 0.05) is 31.6 Å². The van der Waals surface area contributed by atoms with Crippen LogP contribution in [0.2, 0.25) is 0 Å². The minimum Gasteiger partial charge on any atom is -0.396 e. The number of aliphatic hydroxyl groups excluding tert-OH is 1. The zero-order chi connectivity index (χ0) is 15.1. The molecule has 0 saturated carbocycles. The molecule has 0 aromatic heterocycles. The number of benzene rings is 1. The SMILES string of the molecule is C[C@H](CCO)NC(=O)CCC(=O)c1ccc(F)cc1F. The molecule has 1 amide bonds. The van der Waals surface area contributed by atoms with Crippen LogP contribution >= 0.6 is 0 Å². The van der Waals surface area contributed by atoms with Gasteiger partial charge in [-0.2, -0.15) is 0 Å². The minimum absolute atomic E-state index is 0.0405. The molecule has 2 N–H and O–H groups in total. The summed E-state index contributed by atoms with van der Waals surface area (Å²) in [5.41, 5.74) is -0.220. The largest absolute Gasteiger partial charge is 0.396 e. The number of nitrogens with one attached hydrogen (secondary N) is 1. The van der Waals surface area contributed by atoms with Crippen LogP contribution in [-0.4, -0.2) is 29.4 Å². The van der Waals surface area contributed by atoms with E-state index in [9.17, 15) is 18.4 Å². The highest BCUT2D eigenvalue weighted by Crippen LogP contribution is 2.12. The molecule has 4 nitrogen and oxygen atoms in total. The second-order valence-electron chi connectivity index (χ2n) is 4.53. The van der Waals surface area contributed by atoms with E-state index in [-0.39, 0.29) is 37.0 Å². The molecule has 0 aliphatic carbocycles. The fraction of sp³-hybridized carbons (Fsp3) is 0.429. The summed E-state index contributed by atoms with van der Waals surface area (Å²) in [7, 11) is 0. The molecule has 0 bridgehead atoms. The summed E-state index contributed by atoms with van der Waals surface area (Å²) in [6.45, 7) is 1.69. The van der Waals surface area contributed by atoms with Crippen molar-refractivity contribution < 1.29 is 23.5 Å². The Morgan fingerprint density at radius 1 is 1.30 bits per heavy atom. The summed E-state index contributed by atoms with van der Waals surface area (Å²) in [6, 6.07) is 2.51. The van der Waals surface area contributed by atoms with Crippen LogP contribution in [0.4, 0.5) is 8.78 Å². The lowest BCUT2D eigenvalue weighted by atomic mass is 10.1. The molecule has 1 atom stereocenters. The predicted molar refractivity (Wildman–Crippen MR) is 69.2 cm³/mol. The maximum atomic E-state index is 13.3. The van der Waals surface area contributed by atoms with Crippen molar-refractivity contribution >= 4 is 11.7 Å². The van der Waals surface area contributed by atoms with E-state index in [4.69, 9.17) is 5.11 Å². The standard InChI is InChI=1S/C14H17F2NO3/c1-9(6-7-18)17-14(20)5-4-13(19)11-3-2-10(15)8-12(11)16/h2-3,8-9,18H,4-7H2,1H3,(H,17,20)/t9-/m1/s1. The van der Waals surface area contributed by atoms with Gasteiger partial charge in [0.1, 0.15) is 11.6 Å². The van der Waals surface area contributed by atoms with Gasteiger partial charge in [-0.1, -0.05) is 0 Å². The van der Waals surface area contributed by atoms with Gasteiger partial charge < -0.3 is 10.4 Å². The minimum atomic E-state index is -0.927. The van der Waals surface area contributed by atoms with Gasteiger partial charge in [-0.3, -0.25) is 9.59 Å². The first kappa shape index (κ1) is 16.2. The Hall–Kier alpha value is -1.82. The van der Waals surface area contributed by atoms with Crippen LogP contribution in [-0.2, 0) is 4.79 Å². The van der Waals surface area contributed by atoms with E-state index in [1.807, 2.05) is 0 Å². The molecule has 0 saturated heterocycles. The first-order valence-corrected chi connectivity index (χ1v) is 6.32. The van der Waals surface area contributed by atoms with E-state index in [1.165, 1.54) is 0 Å². The van der Waals surface area contributed by atoms with Crippen molar-refractivity contribution in [1.29, 1.82) is 0 Å². The number of Topliss-reactive ketones (excluding diaryl/α,β-unsaturated/α-hetero) is 1. The molecule has 0 aliphatic rings. The van der Waals surface area contributed by atoms with E-state index in [0.717, 1.165) is 12.1 Å². The van der Waals surface area contributed by atoms with Crippen molar-refractivity contribution in [2.75, 3.05) is 6.61 Å². The Labute approximate surface area is 115 Å². The number of aliphatic hydroxyl groups is 1. The number of carbonyl (C=O) groups excluding carboxylic acids is 2. The van der Waals surface area contributed by atoms with Crippen molar-refractivity contribution in [1.82, 2.24) is 5.32 Å². The van der Waals surface area contributed by atoms with Crippen LogP contribution in [0.3, 0.4) is 0 Å². The molecule has 0 unspecified atom stereocenters. The van der Waals surface area contributed by atoms with E-state index in [1.54, 1.807) is 6.92 Å². The Balaban J connectivity index is 2.49. The van der Waals surface area contributed by atoms with Crippen LogP contribution in [0.5, 0.6) is 0 Å². The van der Waals surface area contributed by atoms with E-state index in [0.29, 0.717) is 12.5 Å². The van der Waals surface area contributed by atoms with Crippen LogP contribution in [0.1, 0.15) is 36.5 Å². The normalized spacial score (nSPS) is 12.0. The Bertz CT molecular complexity index is 491. The molecule has 1 aromatic rings. The van der Waals surface area contributed by atoms with Gasteiger partial charge in [-0.15, -0.1) is 0 Å². The molecule has 1 aromatic carbocycles. The molecular weight excluding hydrogens is 268 g/mol. The van der Waals surface area contributed by atoms with E-state index < -0.39 is 17.4 Å². The summed E-state index contributed by atoms with van der Waals surface area (Å²) in [5.74, 6) is -2.58. The summed E-state index contributed by atoms with van der Waals surface area (Å²) in [4.78, 5) is 23.2. The predicted octanol–water partition coefficient (Wildman–Crippen LogP) is 1.81. The van der Waals surface area contributed by atoms with Crippen molar-refractivity contribution in [2.24, 2.45) is 0 Å². The second-order valence-corrected chi connectivity index (χ2v) is 4.53. The zero-order valence-electron chi connectivity index (χ0n) is 11.2. The van der Waals surface area contributed by atoms with Gasteiger partial charge in [-0.05, 0) is 25.5 Å². The lowest BCUT2D eigenvalue weighted by Crippen LogP contribution is -2.33. The summed E-state index contributed by atoms with van der Waals surface area (Å²) in [5, 5.41) is 11.3. The van der Waals surface area contributed by atoms with Gasteiger partial charge >= 0.3 is 0 Å². The number of ketones is 1. The molecule has 0 spiro atoms. The van der Waals surface area contributed by atoms with Crippen molar-refractivity contribution in [2.45, 2.75) is 32.2 Å². The maximum absolute atomic E-state index is 13.3. The highest BCUT2D eigenvalue weighted by molar-refractivity contribution is 5.98.